The zero-order valence-corrected chi connectivity index (χ0v) is 15.6. The van der Waals surface area contributed by atoms with Crippen molar-refractivity contribution in [1.82, 2.24) is 15.1 Å². The van der Waals surface area contributed by atoms with Crippen LogP contribution in [0.2, 0.25) is 0 Å². The lowest BCUT2D eigenvalue weighted by Gasteiger charge is -2.31. The Hall–Kier alpha value is -2.35. The van der Waals surface area contributed by atoms with E-state index in [1.165, 1.54) is 6.07 Å². The number of nitrogens with one attached hydrogen (secondary N) is 1. The van der Waals surface area contributed by atoms with E-state index in [4.69, 9.17) is 0 Å². The number of likely N-dealkylation sites (N-methyl/N-ethyl adjacent to an activating group) is 1. The monoisotopic (exact) mass is 380 g/mol. The standard InChI is InChI=1S/C19H23F3N4O/c1-11-7-12(2)17(16(27)8-11)15-9-14(19(20,21)22)18(25-24-15)23-13-5-4-6-26(3)10-13/h7-9,13,27H,4-6,10H2,1-3H3,(H,23,25)/t13-/m1/s1. The molecule has 3 rings (SSSR count). The molecule has 2 heterocycles. The van der Waals surface area contributed by atoms with Gasteiger partial charge in [-0.1, -0.05) is 6.07 Å². The van der Waals surface area contributed by atoms with Gasteiger partial charge in [0, 0.05) is 18.2 Å². The maximum atomic E-state index is 13.7. The summed E-state index contributed by atoms with van der Waals surface area (Å²) in [6.45, 7) is 5.11. The number of likely N-dealkylation sites (tertiary alicyclic amines) is 1. The van der Waals surface area contributed by atoms with Gasteiger partial charge in [0.25, 0.3) is 0 Å². The molecular weight excluding hydrogens is 357 g/mol. The van der Waals surface area contributed by atoms with Crippen LogP contribution in [0.1, 0.15) is 29.5 Å². The molecular formula is C19H23F3N4O. The average molecular weight is 380 g/mol. The van der Waals surface area contributed by atoms with E-state index in [0.29, 0.717) is 12.1 Å². The van der Waals surface area contributed by atoms with Crippen molar-refractivity contribution in [2.24, 2.45) is 0 Å². The molecule has 0 spiro atoms. The molecule has 1 saturated heterocycles. The highest BCUT2D eigenvalue weighted by Gasteiger charge is 2.36. The molecule has 1 aromatic heterocycles. The maximum Gasteiger partial charge on any atom is 0.420 e. The van der Waals surface area contributed by atoms with E-state index in [1.54, 1.807) is 19.9 Å². The van der Waals surface area contributed by atoms with Crippen molar-refractivity contribution < 1.29 is 18.3 Å². The second-order valence-corrected chi connectivity index (χ2v) is 7.21. The Balaban J connectivity index is 2.00. The van der Waals surface area contributed by atoms with Gasteiger partial charge in [0.2, 0.25) is 0 Å². The third kappa shape index (κ3) is 4.32. The van der Waals surface area contributed by atoms with Crippen molar-refractivity contribution in [2.75, 3.05) is 25.5 Å². The first-order chi connectivity index (χ1) is 12.6. The molecule has 27 heavy (non-hydrogen) atoms. The number of phenols is 1. The molecule has 2 N–H and O–H groups in total. The second kappa shape index (κ2) is 7.34. The minimum absolute atomic E-state index is 0.00337. The van der Waals surface area contributed by atoms with Crippen molar-refractivity contribution in [1.29, 1.82) is 0 Å². The van der Waals surface area contributed by atoms with Crippen molar-refractivity contribution in [3.8, 4) is 17.0 Å². The molecule has 0 unspecified atom stereocenters. The molecule has 0 amide bonds. The first kappa shape index (κ1) is 19.4. The van der Waals surface area contributed by atoms with Crippen LogP contribution in [0, 0.1) is 13.8 Å². The summed E-state index contributed by atoms with van der Waals surface area (Å²) in [6.07, 6.45) is -2.89. The fraction of sp³-hybridized carbons (Fsp3) is 0.474. The Bertz CT molecular complexity index is 815. The van der Waals surface area contributed by atoms with Crippen LogP contribution in [0.3, 0.4) is 0 Å². The van der Waals surface area contributed by atoms with Crippen molar-refractivity contribution >= 4 is 5.82 Å². The molecule has 0 radical (unpaired) electrons. The number of hydrogen-bond acceptors (Lipinski definition) is 5. The molecule has 0 aliphatic carbocycles. The lowest BCUT2D eigenvalue weighted by molar-refractivity contribution is -0.137. The summed E-state index contributed by atoms with van der Waals surface area (Å²) in [7, 11) is 1.94. The average Bonchev–Trinajstić information content (AvgIpc) is 2.54. The molecule has 1 fully saturated rings. The number of benzene rings is 1. The number of alkyl halides is 3. The fourth-order valence-electron chi connectivity index (χ4n) is 3.59. The molecule has 146 valence electrons. The summed E-state index contributed by atoms with van der Waals surface area (Å²) < 4.78 is 41.0. The zero-order valence-electron chi connectivity index (χ0n) is 15.6. The van der Waals surface area contributed by atoms with E-state index in [-0.39, 0.29) is 28.9 Å². The highest BCUT2D eigenvalue weighted by Crippen LogP contribution is 2.38. The van der Waals surface area contributed by atoms with Crippen LogP contribution in [-0.4, -0.2) is 46.4 Å². The second-order valence-electron chi connectivity index (χ2n) is 7.21. The van der Waals surface area contributed by atoms with Crippen molar-refractivity contribution in [2.45, 2.75) is 38.9 Å². The van der Waals surface area contributed by atoms with E-state index >= 15 is 0 Å². The van der Waals surface area contributed by atoms with E-state index in [2.05, 4.69) is 20.4 Å². The Kier molecular flexibility index (Phi) is 5.28. The molecule has 2 aromatic rings. The fourth-order valence-corrected chi connectivity index (χ4v) is 3.59. The number of phenolic OH excluding ortho intramolecular Hbond substituents is 1. The summed E-state index contributed by atoms with van der Waals surface area (Å²) in [6, 6.07) is 4.13. The predicted molar refractivity (Wildman–Crippen MR) is 97.8 cm³/mol. The Labute approximate surface area is 156 Å². The van der Waals surface area contributed by atoms with E-state index in [9.17, 15) is 18.3 Å². The molecule has 5 nitrogen and oxygen atoms in total. The number of rotatable bonds is 3. The Morgan fingerprint density at radius 1 is 1.19 bits per heavy atom. The summed E-state index contributed by atoms with van der Waals surface area (Å²) in [5.74, 6) is -0.375. The highest BCUT2D eigenvalue weighted by atomic mass is 19.4. The van der Waals surface area contributed by atoms with Crippen LogP contribution in [-0.2, 0) is 6.18 Å². The molecule has 1 aliphatic heterocycles. The first-order valence-electron chi connectivity index (χ1n) is 8.85. The zero-order chi connectivity index (χ0) is 19.8. The quantitative estimate of drug-likeness (QED) is 0.843. The van der Waals surface area contributed by atoms with Crippen LogP contribution in [0.5, 0.6) is 5.75 Å². The van der Waals surface area contributed by atoms with Gasteiger partial charge in [0.15, 0.2) is 5.82 Å². The van der Waals surface area contributed by atoms with Gasteiger partial charge >= 0.3 is 6.18 Å². The van der Waals surface area contributed by atoms with Gasteiger partial charge in [-0.25, -0.2) is 0 Å². The van der Waals surface area contributed by atoms with Gasteiger partial charge in [-0.05, 0) is 63.5 Å². The molecule has 0 bridgehead atoms. The van der Waals surface area contributed by atoms with E-state index in [1.807, 2.05) is 7.05 Å². The normalized spacial score (nSPS) is 18.5. The van der Waals surface area contributed by atoms with Crippen LogP contribution < -0.4 is 5.32 Å². The maximum absolute atomic E-state index is 13.7. The summed E-state index contributed by atoms with van der Waals surface area (Å²) >= 11 is 0. The molecule has 0 saturated carbocycles. The topological polar surface area (TPSA) is 61.3 Å². The number of halogens is 3. The van der Waals surface area contributed by atoms with Gasteiger partial charge in [-0.15, -0.1) is 10.2 Å². The number of nitrogens with zero attached hydrogens (tertiary/aromatic N) is 3. The summed E-state index contributed by atoms with van der Waals surface area (Å²) in [4.78, 5) is 2.07. The number of anilines is 1. The lowest BCUT2D eigenvalue weighted by atomic mass is 10.00. The SMILES string of the molecule is Cc1cc(C)c(-c2cc(C(F)(F)F)c(N[C@@H]3CCCN(C)C3)nn2)c(O)c1. The van der Waals surface area contributed by atoms with Gasteiger partial charge in [0.1, 0.15) is 11.3 Å². The van der Waals surface area contributed by atoms with Crippen LogP contribution in [0.15, 0.2) is 18.2 Å². The largest absolute Gasteiger partial charge is 0.507 e. The van der Waals surface area contributed by atoms with Crippen LogP contribution in [0.25, 0.3) is 11.3 Å². The number of hydrogen-bond donors (Lipinski definition) is 2. The molecule has 1 aromatic carbocycles. The Morgan fingerprint density at radius 2 is 1.93 bits per heavy atom. The van der Waals surface area contributed by atoms with Gasteiger partial charge in [-0.2, -0.15) is 13.2 Å². The molecule has 1 atom stereocenters. The molecule has 8 heteroatoms. The number of piperidine rings is 1. The third-order valence-electron chi connectivity index (χ3n) is 4.78. The third-order valence-corrected chi connectivity index (χ3v) is 4.78. The van der Waals surface area contributed by atoms with E-state index in [0.717, 1.165) is 31.0 Å². The van der Waals surface area contributed by atoms with Crippen LogP contribution >= 0.6 is 0 Å². The van der Waals surface area contributed by atoms with Crippen molar-refractivity contribution in [3.05, 3.63) is 34.9 Å². The van der Waals surface area contributed by atoms with E-state index < -0.39 is 11.7 Å². The summed E-state index contributed by atoms with van der Waals surface area (Å²) in [5.41, 5.74) is 0.855. The van der Waals surface area contributed by atoms with Gasteiger partial charge in [0.05, 0.1) is 5.69 Å². The minimum atomic E-state index is -4.58. The number of aromatic hydroxyl groups is 1. The first-order valence-corrected chi connectivity index (χ1v) is 8.85. The lowest BCUT2D eigenvalue weighted by Crippen LogP contribution is -2.40. The molecule has 1 aliphatic rings. The van der Waals surface area contributed by atoms with Gasteiger partial charge < -0.3 is 15.3 Å². The van der Waals surface area contributed by atoms with Crippen LogP contribution in [0.4, 0.5) is 19.0 Å². The van der Waals surface area contributed by atoms with Gasteiger partial charge in [-0.3, -0.25) is 0 Å². The Morgan fingerprint density at radius 3 is 2.56 bits per heavy atom. The number of aromatic nitrogens is 2. The smallest absolute Gasteiger partial charge is 0.420 e. The number of aryl methyl sites for hydroxylation is 2. The van der Waals surface area contributed by atoms with Crippen molar-refractivity contribution in [3.63, 3.8) is 0 Å². The highest BCUT2D eigenvalue weighted by molar-refractivity contribution is 5.72. The minimum Gasteiger partial charge on any atom is -0.507 e. The predicted octanol–water partition coefficient (Wildman–Crippen LogP) is 3.99. The summed E-state index contributed by atoms with van der Waals surface area (Å²) in [5, 5.41) is 20.9.